The zero-order chi connectivity index (χ0) is 10.1. The molecule has 2 heteroatoms. The van der Waals surface area contributed by atoms with E-state index in [1.165, 1.54) is 0 Å². The van der Waals surface area contributed by atoms with Crippen molar-refractivity contribution < 1.29 is 9.21 Å². The van der Waals surface area contributed by atoms with E-state index in [9.17, 15) is 4.79 Å². The van der Waals surface area contributed by atoms with E-state index in [1.807, 2.05) is 38.1 Å². The number of hydrogen-bond acceptors (Lipinski definition) is 2. The molecule has 0 saturated carbocycles. The smallest absolute Gasteiger partial charge is 0.134 e. The van der Waals surface area contributed by atoms with E-state index in [2.05, 4.69) is 0 Å². The van der Waals surface area contributed by atoms with Gasteiger partial charge >= 0.3 is 0 Å². The number of rotatable bonds is 2. The lowest BCUT2D eigenvalue weighted by molar-refractivity contribution is -0.109. The van der Waals surface area contributed by atoms with Gasteiger partial charge in [0, 0.05) is 5.39 Å². The van der Waals surface area contributed by atoms with E-state index in [0.29, 0.717) is 0 Å². The molecular weight excluding hydrogens is 176 g/mol. The summed E-state index contributed by atoms with van der Waals surface area (Å²) in [6.45, 7) is 3.83. The summed E-state index contributed by atoms with van der Waals surface area (Å²) in [5, 5.41) is 1.09. The summed E-state index contributed by atoms with van der Waals surface area (Å²) in [6.07, 6.45) is 0.907. The van der Waals surface area contributed by atoms with Crippen molar-refractivity contribution in [3.05, 3.63) is 35.6 Å². The molecule has 0 N–H and O–H groups in total. The van der Waals surface area contributed by atoms with Crippen molar-refractivity contribution in [3.8, 4) is 0 Å². The molecule has 0 aliphatic rings. The van der Waals surface area contributed by atoms with Gasteiger partial charge in [0.25, 0.3) is 0 Å². The molecule has 1 atom stereocenters. The number of hydrogen-bond donors (Lipinski definition) is 0. The lowest BCUT2D eigenvalue weighted by Gasteiger charge is -1.98. The summed E-state index contributed by atoms with van der Waals surface area (Å²) in [5.41, 5.74) is 1.92. The average Bonchev–Trinajstić information content (AvgIpc) is 2.56. The fourth-order valence-corrected chi connectivity index (χ4v) is 1.69. The van der Waals surface area contributed by atoms with Gasteiger partial charge in [-0.1, -0.05) is 18.2 Å². The lowest BCUT2D eigenvalue weighted by atomic mass is 10.1. The Morgan fingerprint density at radius 3 is 2.71 bits per heavy atom. The average molecular weight is 188 g/mol. The standard InChI is InChI=1S/C12H12O2/c1-8(7-13)12-9(2)10-5-3-4-6-11(10)14-12/h3-8H,1-2H3. The lowest BCUT2D eigenvalue weighted by Crippen LogP contribution is -1.93. The third-order valence-electron chi connectivity index (χ3n) is 2.50. The van der Waals surface area contributed by atoms with E-state index in [1.54, 1.807) is 0 Å². The normalized spacial score (nSPS) is 13.0. The Morgan fingerprint density at radius 1 is 1.36 bits per heavy atom. The van der Waals surface area contributed by atoms with E-state index < -0.39 is 0 Å². The van der Waals surface area contributed by atoms with Crippen LogP contribution in [0.25, 0.3) is 11.0 Å². The number of aldehydes is 1. The van der Waals surface area contributed by atoms with Gasteiger partial charge < -0.3 is 9.21 Å². The molecule has 1 aromatic carbocycles. The van der Waals surface area contributed by atoms with E-state index in [-0.39, 0.29) is 5.92 Å². The first-order chi connectivity index (χ1) is 6.74. The fourth-order valence-electron chi connectivity index (χ4n) is 1.69. The number of carbonyl (C=O) groups excluding carboxylic acids is 1. The summed E-state index contributed by atoms with van der Waals surface area (Å²) in [7, 11) is 0. The first-order valence-corrected chi connectivity index (χ1v) is 4.67. The van der Waals surface area contributed by atoms with Crippen LogP contribution in [-0.4, -0.2) is 6.29 Å². The van der Waals surface area contributed by atoms with Crippen LogP contribution in [0.4, 0.5) is 0 Å². The van der Waals surface area contributed by atoms with Crippen molar-refractivity contribution in [1.29, 1.82) is 0 Å². The van der Waals surface area contributed by atoms with Crippen LogP contribution < -0.4 is 0 Å². The van der Waals surface area contributed by atoms with E-state index >= 15 is 0 Å². The van der Waals surface area contributed by atoms with Crippen molar-refractivity contribution in [3.63, 3.8) is 0 Å². The molecule has 0 spiro atoms. The predicted molar refractivity (Wildman–Crippen MR) is 55.4 cm³/mol. The Hall–Kier alpha value is -1.57. The Bertz CT molecular complexity index is 468. The van der Waals surface area contributed by atoms with Crippen LogP contribution in [0.3, 0.4) is 0 Å². The van der Waals surface area contributed by atoms with Gasteiger partial charge in [-0.2, -0.15) is 0 Å². The summed E-state index contributed by atoms with van der Waals surface area (Å²) >= 11 is 0. The van der Waals surface area contributed by atoms with Crippen LogP contribution >= 0.6 is 0 Å². The zero-order valence-corrected chi connectivity index (χ0v) is 8.28. The molecule has 0 radical (unpaired) electrons. The third kappa shape index (κ3) is 1.23. The van der Waals surface area contributed by atoms with Crippen molar-refractivity contribution in [2.24, 2.45) is 0 Å². The number of carbonyl (C=O) groups is 1. The quantitative estimate of drug-likeness (QED) is 0.678. The largest absolute Gasteiger partial charge is 0.460 e. The predicted octanol–water partition coefficient (Wildman–Crippen LogP) is 3.04. The Labute approximate surface area is 82.5 Å². The Morgan fingerprint density at radius 2 is 2.07 bits per heavy atom. The van der Waals surface area contributed by atoms with Crippen molar-refractivity contribution in [2.75, 3.05) is 0 Å². The SMILES string of the molecule is Cc1c(C(C)C=O)oc2ccccc12. The molecule has 2 aromatic rings. The molecule has 0 fully saturated rings. The highest BCUT2D eigenvalue weighted by Gasteiger charge is 2.14. The Balaban J connectivity index is 2.68. The summed E-state index contributed by atoms with van der Waals surface area (Å²) in [6, 6.07) is 7.83. The minimum atomic E-state index is -0.164. The maximum Gasteiger partial charge on any atom is 0.134 e. The van der Waals surface area contributed by atoms with E-state index in [0.717, 1.165) is 28.6 Å². The number of furan rings is 1. The topological polar surface area (TPSA) is 30.2 Å². The van der Waals surface area contributed by atoms with E-state index in [4.69, 9.17) is 4.42 Å². The van der Waals surface area contributed by atoms with Gasteiger partial charge in [0.1, 0.15) is 17.6 Å². The van der Waals surface area contributed by atoms with Gasteiger partial charge in [0.05, 0.1) is 5.92 Å². The van der Waals surface area contributed by atoms with Crippen LogP contribution in [0.15, 0.2) is 28.7 Å². The maximum atomic E-state index is 10.7. The van der Waals surface area contributed by atoms with Crippen LogP contribution in [0.5, 0.6) is 0 Å². The monoisotopic (exact) mass is 188 g/mol. The molecule has 72 valence electrons. The highest BCUT2D eigenvalue weighted by Crippen LogP contribution is 2.29. The summed E-state index contributed by atoms with van der Waals surface area (Å²) < 4.78 is 5.62. The molecule has 14 heavy (non-hydrogen) atoms. The molecule has 1 unspecified atom stereocenters. The molecule has 1 aromatic heterocycles. The van der Waals surface area contributed by atoms with Crippen LogP contribution in [0.2, 0.25) is 0 Å². The Kier molecular flexibility index (Phi) is 2.12. The second-order valence-corrected chi connectivity index (χ2v) is 3.51. The molecule has 0 amide bonds. The number of aryl methyl sites for hydroxylation is 1. The molecule has 2 nitrogen and oxygen atoms in total. The van der Waals surface area contributed by atoms with Crippen LogP contribution in [-0.2, 0) is 4.79 Å². The van der Waals surface area contributed by atoms with Crippen molar-refractivity contribution in [1.82, 2.24) is 0 Å². The molecule has 0 aliphatic heterocycles. The number of para-hydroxylation sites is 1. The van der Waals surface area contributed by atoms with Gasteiger partial charge in [-0.25, -0.2) is 0 Å². The highest BCUT2D eigenvalue weighted by molar-refractivity contribution is 5.83. The van der Waals surface area contributed by atoms with Crippen molar-refractivity contribution >= 4 is 17.3 Å². The molecule has 2 rings (SSSR count). The molecule has 0 saturated heterocycles. The molecular formula is C12H12O2. The fraction of sp³-hybridized carbons (Fsp3) is 0.250. The summed E-state index contributed by atoms with van der Waals surface area (Å²) in [5.74, 6) is 0.614. The van der Waals surface area contributed by atoms with Crippen LogP contribution in [0, 0.1) is 6.92 Å². The van der Waals surface area contributed by atoms with Gasteiger partial charge in [-0.05, 0) is 25.5 Å². The zero-order valence-electron chi connectivity index (χ0n) is 8.28. The molecule has 0 bridgehead atoms. The minimum absolute atomic E-state index is 0.164. The second kappa shape index (κ2) is 3.29. The van der Waals surface area contributed by atoms with Gasteiger partial charge in [0.2, 0.25) is 0 Å². The van der Waals surface area contributed by atoms with Crippen LogP contribution in [0.1, 0.15) is 24.2 Å². The summed E-state index contributed by atoms with van der Waals surface area (Å²) in [4.78, 5) is 10.7. The third-order valence-corrected chi connectivity index (χ3v) is 2.50. The molecule has 1 heterocycles. The molecule has 0 aliphatic carbocycles. The highest BCUT2D eigenvalue weighted by atomic mass is 16.3. The first kappa shape index (κ1) is 9.00. The first-order valence-electron chi connectivity index (χ1n) is 4.67. The number of benzene rings is 1. The van der Waals surface area contributed by atoms with Gasteiger partial charge in [-0.3, -0.25) is 0 Å². The number of fused-ring (bicyclic) bond motifs is 1. The van der Waals surface area contributed by atoms with Crippen molar-refractivity contribution in [2.45, 2.75) is 19.8 Å². The minimum Gasteiger partial charge on any atom is -0.460 e. The van der Waals surface area contributed by atoms with Gasteiger partial charge in [-0.15, -0.1) is 0 Å². The second-order valence-electron chi connectivity index (χ2n) is 3.51. The maximum absolute atomic E-state index is 10.7. The van der Waals surface area contributed by atoms with Gasteiger partial charge in [0.15, 0.2) is 0 Å².